The summed E-state index contributed by atoms with van der Waals surface area (Å²) in [6, 6.07) is 49.9. The van der Waals surface area contributed by atoms with Gasteiger partial charge >= 0.3 is 0 Å². The molecule has 0 fully saturated rings. The molecule has 0 N–H and O–H groups in total. The summed E-state index contributed by atoms with van der Waals surface area (Å²) in [4.78, 5) is 7.19. The third-order valence-electron chi connectivity index (χ3n) is 13.1. The molecule has 0 saturated heterocycles. The Labute approximate surface area is 330 Å². The Bertz CT molecular complexity index is 2760. The molecule has 1 aliphatic heterocycles. The first-order valence-electron chi connectivity index (χ1n) is 20.5. The summed E-state index contributed by atoms with van der Waals surface area (Å²) in [7, 11) is 0. The van der Waals surface area contributed by atoms with Crippen LogP contribution in [0.1, 0.15) is 79.2 Å². The molecule has 11 rings (SSSR count). The van der Waals surface area contributed by atoms with E-state index < -0.39 is 0 Å². The van der Waals surface area contributed by atoms with Gasteiger partial charge in [0.1, 0.15) is 5.84 Å². The number of hydrogen-bond acceptors (Lipinski definition) is 2. The molecule has 6 aromatic rings. The van der Waals surface area contributed by atoms with E-state index in [0.717, 1.165) is 28.3 Å². The molecule has 1 atom stereocenters. The number of amidine groups is 1. The van der Waals surface area contributed by atoms with Crippen molar-refractivity contribution in [3.63, 3.8) is 0 Å². The maximum absolute atomic E-state index is 5.04. The number of allylic oxidation sites excluding steroid dienone is 7. The fraction of sp³-hybridized carbons (Fsp3) is 0.167. The van der Waals surface area contributed by atoms with Gasteiger partial charge in [0.15, 0.2) is 0 Å². The van der Waals surface area contributed by atoms with Gasteiger partial charge in [0, 0.05) is 17.5 Å². The van der Waals surface area contributed by atoms with Crippen LogP contribution in [-0.2, 0) is 5.41 Å². The highest BCUT2D eigenvalue weighted by atomic mass is 15.2. The van der Waals surface area contributed by atoms with E-state index in [9.17, 15) is 0 Å². The Morgan fingerprint density at radius 1 is 0.500 bits per heavy atom. The summed E-state index contributed by atoms with van der Waals surface area (Å²) >= 11 is 0. The van der Waals surface area contributed by atoms with E-state index in [0.29, 0.717) is 0 Å². The summed E-state index contributed by atoms with van der Waals surface area (Å²) < 4.78 is 0. The van der Waals surface area contributed by atoms with Crippen molar-refractivity contribution in [3.8, 4) is 22.3 Å². The predicted octanol–water partition coefficient (Wildman–Crippen LogP) is 14.0. The summed E-state index contributed by atoms with van der Waals surface area (Å²) in [5.41, 5.74) is 20.5. The van der Waals surface area contributed by atoms with Crippen molar-refractivity contribution in [2.45, 2.75) is 56.8 Å². The van der Waals surface area contributed by atoms with Crippen LogP contribution in [0, 0.1) is 0 Å². The number of anilines is 1. The van der Waals surface area contributed by atoms with Gasteiger partial charge in [-0.15, -0.1) is 0 Å². The SMILES string of the molecule is C=C1/C=C\C=C/N(c2ccccc2)/C(c2cccc(-c3ccc(-c4ccc5c(c4)C4(C6=C(CCCC6)c6ccccc64)C4=C5CCCC4)c4ccccc34)c2)=N\1. The quantitative estimate of drug-likeness (QED) is 0.177. The molecule has 0 bridgehead atoms. The molecular weight excluding hydrogens is 677 g/mol. The first-order valence-corrected chi connectivity index (χ1v) is 20.5. The molecule has 56 heavy (non-hydrogen) atoms. The second-order valence-corrected chi connectivity index (χ2v) is 16.0. The summed E-state index contributed by atoms with van der Waals surface area (Å²) in [5, 5.41) is 2.53. The highest BCUT2D eigenvalue weighted by Gasteiger charge is 2.54. The molecule has 0 radical (unpaired) electrons. The highest BCUT2D eigenvalue weighted by molar-refractivity contribution is 6.13. The molecule has 0 amide bonds. The van der Waals surface area contributed by atoms with Crippen LogP contribution in [0.4, 0.5) is 5.69 Å². The van der Waals surface area contributed by atoms with Crippen molar-refractivity contribution in [3.05, 3.63) is 209 Å². The summed E-state index contributed by atoms with van der Waals surface area (Å²) in [5.74, 6) is 0.845. The zero-order valence-electron chi connectivity index (χ0n) is 31.8. The summed E-state index contributed by atoms with van der Waals surface area (Å²) in [6.07, 6.45) is 18.1. The molecule has 2 heteroatoms. The van der Waals surface area contributed by atoms with Crippen LogP contribution in [0.15, 0.2) is 186 Å². The molecule has 270 valence electrons. The first-order chi connectivity index (χ1) is 27.7. The van der Waals surface area contributed by atoms with Gasteiger partial charge in [-0.1, -0.05) is 122 Å². The smallest absolute Gasteiger partial charge is 0.145 e. The number of rotatable bonds is 4. The molecule has 4 aliphatic carbocycles. The van der Waals surface area contributed by atoms with E-state index in [1.807, 2.05) is 24.3 Å². The minimum Gasteiger partial charge on any atom is -0.301 e. The fourth-order valence-corrected chi connectivity index (χ4v) is 10.8. The average molecular weight is 721 g/mol. The molecule has 1 spiro atoms. The number of hydrogen-bond donors (Lipinski definition) is 0. The number of benzene rings is 6. The monoisotopic (exact) mass is 720 g/mol. The van der Waals surface area contributed by atoms with Crippen molar-refractivity contribution < 1.29 is 0 Å². The molecule has 5 aliphatic rings. The maximum Gasteiger partial charge on any atom is 0.145 e. The normalized spacial score (nSPS) is 21.9. The van der Waals surface area contributed by atoms with Crippen molar-refractivity contribution in [1.29, 1.82) is 0 Å². The van der Waals surface area contributed by atoms with E-state index in [1.54, 1.807) is 27.9 Å². The van der Waals surface area contributed by atoms with Crippen LogP contribution in [0.3, 0.4) is 0 Å². The van der Waals surface area contributed by atoms with Gasteiger partial charge < -0.3 is 4.90 Å². The molecular formula is C54H44N2. The second-order valence-electron chi connectivity index (χ2n) is 16.0. The third kappa shape index (κ3) is 4.98. The lowest BCUT2D eigenvalue weighted by molar-refractivity contribution is 0.591. The van der Waals surface area contributed by atoms with Gasteiger partial charge in [0.2, 0.25) is 0 Å². The van der Waals surface area contributed by atoms with Crippen LogP contribution < -0.4 is 4.90 Å². The van der Waals surface area contributed by atoms with E-state index in [4.69, 9.17) is 4.99 Å². The number of nitrogens with zero attached hydrogens (tertiary/aromatic N) is 2. The largest absolute Gasteiger partial charge is 0.301 e. The van der Waals surface area contributed by atoms with Crippen molar-refractivity contribution in [1.82, 2.24) is 0 Å². The van der Waals surface area contributed by atoms with Crippen molar-refractivity contribution in [2.24, 2.45) is 4.99 Å². The minimum atomic E-state index is -0.104. The summed E-state index contributed by atoms with van der Waals surface area (Å²) in [6.45, 7) is 4.24. The maximum atomic E-state index is 5.04. The van der Waals surface area contributed by atoms with Crippen molar-refractivity contribution >= 4 is 33.4 Å². The van der Waals surface area contributed by atoms with E-state index >= 15 is 0 Å². The molecule has 0 saturated carbocycles. The van der Waals surface area contributed by atoms with E-state index in [1.165, 1.54) is 95.5 Å². The Hall–Kier alpha value is -6.25. The molecule has 1 heterocycles. The van der Waals surface area contributed by atoms with E-state index in [-0.39, 0.29) is 5.41 Å². The second kappa shape index (κ2) is 13.2. The standard InChI is InChI=1S/C54H44N2/c1-36-16-13-14-33-56(40-19-3-2-4-20-40)53(55-36)39-18-15-17-37(34-39)41-31-32-42(44-22-6-5-21-43(41)44)38-29-30-48-47-25-9-12-28-51(47)54(52(48)35-38)49-26-10-7-23-45(49)46-24-8-11-27-50(46)54/h2-7,10,13-23,26,29-35H,1,8-9,11-12,24-25,27-28H2/b16-13-,33-14-,55-53-. The average Bonchev–Trinajstić information content (AvgIpc) is 3.72. The van der Waals surface area contributed by atoms with Gasteiger partial charge in [0.05, 0.1) is 11.1 Å². The van der Waals surface area contributed by atoms with E-state index in [2.05, 4.69) is 145 Å². The number of fused-ring (bicyclic) bond motifs is 9. The highest BCUT2D eigenvalue weighted by Crippen LogP contribution is 2.66. The van der Waals surface area contributed by atoms with Gasteiger partial charge in [-0.2, -0.15) is 0 Å². The lowest BCUT2D eigenvalue weighted by Gasteiger charge is -2.37. The van der Waals surface area contributed by atoms with Gasteiger partial charge in [0.25, 0.3) is 0 Å². The van der Waals surface area contributed by atoms with Crippen molar-refractivity contribution in [2.75, 3.05) is 4.90 Å². The fourth-order valence-electron chi connectivity index (χ4n) is 10.8. The van der Waals surface area contributed by atoms with Gasteiger partial charge in [-0.25, -0.2) is 4.99 Å². The van der Waals surface area contributed by atoms with Crippen LogP contribution in [0.25, 0.3) is 44.2 Å². The first kappa shape index (κ1) is 33.1. The van der Waals surface area contributed by atoms with Crippen LogP contribution >= 0.6 is 0 Å². The predicted molar refractivity (Wildman–Crippen MR) is 236 cm³/mol. The minimum absolute atomic E-state index is 0.104. The molecule has 0 aromatic heterocycles. The lowest BCUT2D eigenvalue weighted by Crippen LogP contribution is -2.30. The Morgan fingerprint density at radius 3 is 1.86 bits per heavy atom. The number of para-hydroxylation sites is 1. The van der Waals surface area contributed by atoms with Crippen LogP contribution in [0.5, 0.6) is 0 Å². The third-order valence-corrected chi connectivity index (χ3v) is 13.1. The topological polar surface area (TPSA) is 15.6 Å². The lowest BCUT2D eigenvalue weighted by atomic mass is 9.65. The van der Waals surface area contributed by atoms with Gasteiger partial charge in [-0.3, -0.25) is 0 Å². The van der Waals surface area contributed by atoms with Crippen LogP contribution in [0.2, 0.25) is 0 Å². The van der Waals surface area contributed by atoms with Crippen LogP contribution in [-0.4, -0.2) is 5.84 Å². The zero-order valence-corrected chi connectivity index (χ0v) is 31.8. The molecule has 2 nitrogen and oxygen atoms in total. The Balaban J connectivity index is 1.05. The van der Waals surface area contributed by atoms with Gasteiger partial charge in [-0.05, 0) is 165 Å². The Morgan fingerprint density at radius 2 is 1.11 bits per heavy atom. The zero-order chi connectivity index (χ0) is 37.2. The molecule has 1 unspecified atom stereocenters. The number of aliphatic imine (C=N–C) groups is 1. The Kier molecular flexibility index (Phi) is 7.81. The molecule has 6 aromatic carbocycles.